The van der Waals surface area contributed by atoms with Crippen LogP contribution in [0.3, 0.4) is 0 Å². The largest absolute Gasteiger partial charge is 0.334 e. The Hall–Kier alpha value is -2.37. The molecule has 0 radical (unpaired) electrons. The van der Waals surface area contributed by atoms with Gasteiger partial charge in [-0.3, -0.25) is 14.4 Å². The molecule has 3 aliphatic heterocycles. The van der Waals surface area contributed by atoms with Gasteiger partial charge in [0.05, 0.1) is 18.6 Å². The quantitative estimate of drug-likeness (QED) is 0.680. The van der Waals surface area contributed by atoms with Gasteiger partial charge < -0.3 is 14.7 Å². The van der Waals surface area contributed by atoms with Crippen molar-refractivity contribution in [1.82, 2.24) is 14.7 Å². The smallest absolute Gasteiger partial charge is 0.242 e. The number of rotatable bonds is 4. The third kappa shape index (κ3) is 4.03. The van der Waals surface area contributed by atoms with Crippen molar-refractivity contribution in [3.8, 4) is 0 Å². The zero-order valence-corrected chi connectivity index (χ0v) is 20.7. The highest BCUT2D eigenvalue weighted by atomic mass is 16.2. The molecule has 4 aliphatic rings. The molecule has 2 bridgehead atoms. The molecule has 184 valence electrons. The van der Waals surface area contributed by atoms with Gasteiger partial charge in [-0.15, -0.1) is 0 Å². The molecule has 1 aromatic carbocycles. The minimum Gasteiger partial charge on any atom is -0.334 e. The maximum Gasteiger partial charge on any atom is 0.242 e. The molecule has 4 fully saturated rings. The summed E-state index contributed by atoms with van der Waals surface area (Å²) in [7, 11) is 0. The minimum absolute atomic E-state index is 0.00281. The Kier molecular flexibility index (Phi) is 6.43. The van der Waals surface area contributed by atoms with Gasteiger partial charge in [0, 0.05) is 37.4 Å². The van der Waals surface area contributed by atoms with E-state index >= 15 is 0 Å². The van der Waals surface area contributed by atoms with Gasteiger partial charge >= 0.3 is 0 Å². The van der Waals surface area contributed by atoms with Crippen molar-refractivity contribution in [1.29, 1.82) is 0 Å². The van der Waals surface area contributed by atoms with Crippen LogP contribution >= 0.6 is 0 Å². The van der Waals surface area contributed by atoms with Crippen molar-refractivity contribution in [3.05, 3.63) is 35.9 Å². The summed E-state index contributed by atoms with van der Waals surface area (Å²) in [5.74, 6) is 0.321. The zero-order chi connectivity index (χ0) is 23.9. The predicted molar refractivity (Wildman–Crippen MR) is 131 cm³/mol. The van der Waals surface area contributed by atoms with Crippen molar-refractivity contribution >= 4 is 17.7 Å². The van der Waals surface area contributed by atoms with Crippen LogP contribution in [0.25, 0.3) is 0 Å². The first-order valence-corrected chi connectivity index (χ1v) is 13.3. The lowest BCUT2D eigenvalue weighted by Crippen LogP contribution is -2.61. The maximum atomic E-state index is 14.0. The fraction of sp³-hybridized carbons (Fsp3) is 0.679. The summed E-state index contributed by atoms with van der Waals surface area (Å²) in [6.45, 7) is 4.89. The Morgan fingerprint density at radius 2 is 1.68 bits per heavy atom. The number of amides is 3. The SMILES string of the molecule is CC(=O)N1[C@H](Cc2ccccc2)[C@@H]2C[C@@]3(C)[C@H](CCCC[C@@H]13)N2C(=O)CN1CCCCCC1=O. The summed E-state index contributed by atoms with van der Waals surface area (Å²) in [6, 6.07) is 10.7. The van der Waals surface area contributed by atoms with Crippen molar-refractivity contribution in [2.75, 3.05) is 13.1 Å². The summed E-state index contributed by atoms with van der Waals surface area (Å²) < 4.78 is 0. The van der Waals surface area contributed by atoms with Crippen LogP contribution in [-0.4, -0.2) is 69.7 Å². The first-order valence-electron chi connectivity index (χ1n) is 13.3. The lowest BCUT2D eigenvalue weighted by atomic mass is 9.69. The Labute approximate surface area is 203 Å². The van der Waals surface area contributed by atoms with Gasteiger partial charge in [-0.05, 0) is 44.1 Å². The van der Waals surface area contributed by atoms with E-state index < -0.39 is 0 Å². The van der Waals surface area contributed by atoms with Crippen molar-refractivity contribution < 1.29 is 14.4 Å². The molecule has 6 heteroatoms. The van der Waals surface area contributed by atoms with E-state index in [0.717, 1.165) is 57.8 Å². The number of benzene rings is 1. The van der Waals surface area contributed by atoms with Crippen LogP contribution < -0.4 is 0 Å². The van der Waals surface area contributed by atoms with Gasteiger partial charge in [0.25, 0.3) is 0 Å². The Balaban J connectivity index is 1.50. The number of likely N-dealkylation sites (tertiary alicyclic amines) is 3. The third-order valence-electron chi connectivity index (χ3n) is 9.14. The topological polar surface area (TPSA) is 60.9 Å². The fourth-order valence-corrected chi connectivity index (χ4v) is 7.61. The molecule has 0 aromatic heterocycles. The average molecular weight is 466 g/mol. The highest BCUT2D eigenvalue weighted by molar-refractivity contribution is 5.86. The summed E-state index contributed by atoms with van der Waals surface area (Å²) in [5.41, 5.74) is 1.12. The second-order valence-electron chi connectivity index (χ2n) is 11.2. The van der Waals surface area contributed by atoms with Crippen LogP contribution in [0.1, 0.15) is 77.2 Å². The fourth-order valence-electron chi connectivity index (χ4n) is 7.61. The highest BCUT2D eigenvalue weighted by Gasteiger charge is 2.63. The van der Waals surface area contributed by atoms with E-state index in [1.165, 1.54) is 5.56 Å². The second-order valence-corrected chi connectivity index (χ2v) is 11.2. The minimum atomic E-state index is -0.0848. The molecular weight excluding hydrogens is 426 g/mol. The molecule has 0 unspecified atom stereocenters. The number of nitrogens with zero attached hydrogens (tertiary/aromatic N) is 3. The first kappa shape index (κ1) is 23.4. The van der Waals surface area contributed by atoms with E-state index in [4.69, 9.17) is 0 Å². The Morgan fingerprint density at radius 3 is 2.38 bits per heavy atom. The van der Waals surface area contributed by atoms with Crippen LogP contribution in [0.2, 0.25) is 0 Å². The molecule has 1 aliphatic carbocycles. The maximum absolute atomic E-state index is 14.0. The van der Waals surface area contributed by atoms with Crippen molar-refractivity contribution in [2.24, 2.45) is 5.41 Å². The van der Waals surface area contributed by atoms with E-state index in [-0.39, 0.29) is 53.8 Å². The van der Waals surface area contributed by atoms with Gasteiger partial charge in [0.2, 0.25) is 17.7 Å². The zero-order valence-electron chi connectivity index (χ0n) is 20.7. The molecule has 1 saturated carbocycles. The van der Waals surface area contributed by atoms with Crippen molar-refractivity contribution in [3.63, 3.8) is 0 Å². The molecular formula is C28H39N3O3. The van der Waals surface area contributed by atoms with Gasteiger partial charge in [-0.1, -0.05) is 56.5 Å². The van der Waals surface area contributed by atoms with Crippen LogP contribution in [-0.2, 0) is 20.8 Å². The van der Waals surface area contributed by atoms with E-state index in [0.29, 0.717) is 13.0 Å². The number of fused-ring (bicyclic) bond motifs is 1. The first-order chi connectivity index (χ1) is 16.4. The van der Waals surface area contributed by atoms with E-state index in [1.54, 1.807) is 11.8 Å². The monoisotopic (exact) mass is 465 g/mol. The third-order valence-corrected chi connectivity index (χ3v) is 9.14. The van der Waals surface area contributed by atoms with Crippen LogP contribution in [0.4, 0.5) is 0 Å². The molecule has 6 nitrogen and oxygen atoms in total. The van der Waals surface area contributed by atoms with E-state index in [1.807, 2.05) is 18.2 Å². The average Bonchev–Trinajstić information content (AvgIpc) is 2.93. The van der Waals surface area contributed by atoms with Gasteiger partial charge in [0.1, 0.15) is 0 Å². The number of hydrogen-bond donors (Lipinski definition) is 0. The summed E-state index contributed by atoms with van der Waals surface area (Å²) in [4.78, 5) is 45.9. The molecule has 3 saturated heterocycles. The lowest BCUT2D eigenvalue weighted by molar-refractivity contribution is -0.145. The number of hydrogen-bond acceptors (Lipinski definition) is 3. The van der Waals surface area contributed by atoms with Crippen LogP contribution in [0.5, 0.6) is 0 Å². The Morgan fingerprint density at radius 1 is 0.971 bits per heavy atom. The van der Waals surface area contributed by atoms with Gasteiger partial charge in [-0.25, -0.2) is 0 Å². The molecule has 5 atom stereocenters. The molecule has 1 aromatic rings. The highest BCUT2D eigenvalue weighted by Crippen LogP contribution is 2.55. The lowest BCUT2D eigenvalue weighted by Gasteiger charge is -2.50. The second kappa shape index (κ2) is 9.35. The molecule has 0 spiro atoms. The summed E-state index contributed by atoms with van der Waals surface area (Å²) in [6.07, 6.45) is 9.39. The Bertz CT molecular complexity index is 934. The standard InChI is InChI=1S/C28H39N3O3/c1-20(32)30-22(17-21-11-5-3-6-12-21)23-18-28(2)24(30)13-8-9-14-25(28)31(23)27(34)19-29-16-10-4-7-15-26(29)33/h3,5-6,11-12,22-25H,4,7-10,13-19H2,1-2H3/t22-,23+,24-,25+,28-/m1/s1. The number of carbonyl (C=O) groups excluding carboxylic acids is 3. The van der Waals surface area contributed by atoms with Crippen molar-refractivity contribution in [2.45, 2.75) is 102 Å². The van der Waals surface area contributed by atoms with Gasteiger partial charge in [-0.2, -0.15) is 0 Å². The molecule has 3 amide bonds. The van der Waals surface area contributed by atoms with E-state index in [9.17, 15) is 14.4 Å². The van der Waals surface area contributed by atoms with Crippen LogP contribution in [0.15, 0.2) is 30.3 Å². The predicted octanol–water partition coefficient (Wildman–Crippen LogP) is 3.78. The normalized spacial score (nSPS) is 33.5. The van der Waals surface area contributed by atoms with E-state index in [2.05, 4.69) is 28.9 Å². The summed E-state index contributed by atoms with van der Waals surface area (Å²) in [5, 5.41) is 0. The summed E-state index contributed by atoms with van der Waals surface area (Å²) >= 11 is 0. The van der Waals surface area contributed by atoms with Gasteiger partial charge in [0.15, 0.2) is 0 Å². The van der Waals surface area contributed by atoms with Crippen LogP contribution in [0, 0.1) is 5.41 Å². The molecule has 5 rings (SSSR count). The molecule has 34 heavy (non-hydrogen) atoms. The molecule has 3 heterocycles. The number of piperidine rings is 1. The molecule has 0 N–H and O–H groups in total. The number of carbonyl (C=O) groups is 3.